The Morgan fingerprint density at radius 2 is 2.20 bits per heavy atom. The standard InChI is InChI=1S/C8H8Cl2N4O/c1-15-3-2-14-4-5-6(13-14)7(9)12-8(10)11-5/h4H,2-3H2,1H3. The van der Waals surface area contributed by atoms with Crippen LogP contribution in [0.2, 0.25) is 10.4 Å². The van der Waals surface area contributed by atoms with Crippen LogP contribution in [0, 0.1) is 0 Å². The largest absolute Gasteiger partial charge is 0.383 e. The van der Waals surface area contributed by atoms with E-state index in [1.54, 1.807) is 18.0 Å². The molecule has 0 spiro atoms. The van der Waals surface area contributed by atoms with E-state index < -0.39 is 0 Å². The molecular formula is C8H8Cl2N4O. The minimum atomic E-state index is 0.124. The lowest BCUT2D eigenvalue weighted by Gasteiger charge is -1.97. The second kappa shape index (κ2) is 4.30. The van der Waals surface area contributed by atoms with E-state index in [9.17, 15) is 0 Å². The number of halogens is 2. The van der Waals surface area contributed by atoms with Crippen molar-refractivity contribution in [2.75, 3.05) is 13.7 Å². The molecule has 0 amide bonds. The van der Waals surface area contributed by atoms with Crippen LogP contribution in [-0.4, -0.2) is 33.5 Å². The normalized spacial score (nSPS) is 11.1. The molecule has 0 aromatic carbocycles. The first-order valence-corrected chi connectivity index (χ1v) is 5.01. The Kier molecular flexibility index (Phi) is 3.04. The number of aromatic nitrogens is 4. The lowest BCUT2D eigenvalue weighted by Crippen LogP contribution is -2.03. The van der Waals surface area contributed by atoms with Crippen LogP contribution in [0.25, 0.3) is 11.0 Å². The predicted octanol–water partition coefficient (Wildman–Crippen LogP) is 1.78. The van der Waals surface area contributed by atoms with Crippen LogP contribution in [0.4, 0.5) is 0 Å². The molecule has 0 saturated carbocycles. The molecule has 2 aromatic heterocycles. The Hall–Kier alpha value is -0.910. The molecule has 0 radical (unpaired) electrons. The summed E-state index contributed by atoms with van der Waals surface area (Å²) in [7, 11) is 1.63. The van der Waals surface area contributed by atoms with E-state index in [0.717, 1.165) is 0 Å². The van der Waals surface area contributed by atoms with Gasteiger partial charge in [-0.25, -0.2) is 9.97 Å². The van der Waals surface area contributed by atoms with Crippen molar-refractivity contribution in [2.24, 2.45) is 0 Å². The van der Waals surface area contributed by atoms with Gasteiger partial charge in [0.2, 0.25) is 5.28 Å². The Morgan fingerprint density at radius 3 is 2.93 bits per heavy atom. The Balaban J connectivity index is 2.41. The highest BCUT2D eigenvalue weighted by atomic mass is 35.5. The van der Waals surface area contributed by atoms with E-state index >= 15 is 0 Å². The maximum Gasteiger partial charge on any atom is 0.224 e. The van der Waals surface area contributed by atoms with Crippen LogP contribution in [-0.2, 0) is 11.3 Å². The maximum atomic E-state index is 5.87. The lowest BCUT2D eigenvalue weighted by atomic mass is 10.5. The summed E-state index contributed by atoms with van der Waals surface area (Å²) in [5.74, 6) is 0. The summed E-state index contributed by atoms with van der Waals surface area (Å²) < 4.78 is 6.64. The van der Waals surface area contributed by atoms with Crippen molar-refractivity contribution in [1.82, 2.24) is 19.7 Å². The van der Waals surface area contributed by atoms with E-state index in [2.05, 4.69) is 15.1 Å². The zero-order valence-electron chi connectivity index (χ0n) is 7.94. The van der Waals surface area contributed by atoms with Crippen LogP contribution in [0.5, 0.6) is 0 Å². The molecule has 0 aliphatic rings. The van der Waals surface area contributed by atoms with Gasteiger partial charge in [0.1, 0.15) is 11.0 Å². The van der Waals surface area contributed by atoms with Gasteiger partial charge in [-0.1, -0.05) is 11.6 Å². The van der Waals surface area contributed by atoms with Crippen LogP contribution < -0.4 is 0 Å². The monoisotopic (exact) mass is 246 g/mol. The Labute approximate surface area is 96.0 Å². The van der Waals surface area contributed by atoms with E-state index in [1.807, 2.05) is 0 Å². The molecule has 5 nitrogen and oxygen atoms in total. The number of nitrogens with zero attached hydrogens (tertiary/aromatic N) is 4. The maximum absolute atomic E-state index is 5.87. The van der Waals surface area contributed by atoms with Gasteiger partial charge in [0.15, 0.2) is 5.15 Å². The summed E-state index contributed by atoms with van der Waals surface area (Å²) in [5.41, 5.74) is 1.19. The van der Waals surface area contributed by atoms with E-state index in [1.165, 1.54) is 0 Å². The zero-order valence-corrected chi connectivity index (χ0v) is 9.46. The van der Waals surface area contributed by atoms with Crippen molar-refractivity contribution < 1.29 is 4.74 Å². The zero-order chi connectivity index (χ0) is 10.8. The topological polar surface area (TPSA) is 52.8 Å². The fourth-order valence-electron chi connectivity index (χ4n) is 1.20. The molecule has 0 atom stereocenters. The summed E-state index contributed by atoms with van der Waals surface area (Å²) in [6.07, 6.45) is 1.76. The fourth-order valence-corrected chi connectivity index (χ4v) is 1.63. The van der Waals surface area contributed by atoms with Gasteiger partial charge in [-0.15, -0.1) is 0 Å². The number of hydrogen-bond donors (Lipinski definition) is 0. The molecule has 0 fully saturated rings. The molecule has 0 unspecified atom stereocenters. The predicted molar refractivity (Wildman–Crippen MR) is 57.2 cm³/mol. The second-order valence-electron chi connectivity index (χ2n) is 2.90. The van der Waals surface area contributed by atoms with Gasteiger partial charge in [0.25, 0.3) is 0 Å². The highest BCUT2D eigenvalue weighted by Crippen LogP contribution is 2.19. The second-order valence-corrected chi connectivity index (χ2v) is 3.60. The molecular weight excluding hydrogens is 239 g/mol. The first-order chi connectivity index (χ1) is 7.20. The Bertz CT molecular complexity index is 485. The van der Waals surface area contributed by atoms with Crippen LogP contribution in [0.3, 0.4) is 0 Å². The molecule has 0 saturated heterocycles. The summed E-state index contributed by atoms with van der Waals surface area (Å²) >= 11 is 11.5. The molecule has 0 aliphatic heterocycles. The summed E-state index contributed by atoms with van der Waals surface area (Å²) in [6, 6.07) is 0. The van der Waals surface area contributed by atoms with Gasteiger partial charge in [0, 0.05) is 7.11 Å². The lowest BCUT2D eigenvalue weighted by molar-refractivity contribution is 0.184. The smallest absolute Gasteiger partial charge is 0.224 e. The van der Waals surface area contributed by atoms with Gasteiger partial charge in [-0.05, 0) is 11.6 Å². The van der Waals surface area contributed by atoms with Gasteiger partial charge in [-0.2, -0.15) is 5.10 Å². The summed E-state index contributed by atoms with van der Waals surface area (Å²) in [6.45, 7) is 1.22. The van der Waals surface area contributed by atoms with E-state index in [0.29, 0.717) is 24.2 Å². The molecule has 7 heteroatoms. The number of fused-ring (bicyclic) bond motifs is 1. The van der Waals surface area contributed by atoms with E-state index in [-0.39, 0.29) is 10.4 Å². The van der Waals surface area contributed by atoms with Crippen LogP contribution >= 0.6 is 23.2 Å². The SMILES string of the molecule is COCCn1cc2nc(Cl)nc(Cl)c2n1. The summed E-state index contributed by atoms with van der Waals surface area (Å²) in [5, 5.41) is 4.60. The van der Waals surface area contributed by atoms with Crippen LogP contribution in [0.1, 0.15) is 0 Å². The first-order valence-electron chi connectivity index (χ1n) is 4.26. The molecule has 0 bridgehead atoms. The molecule has 0 aliphatic carbocycles. The molecule has 2 aromatic rings. The number of methoxy groups -OCH3 is 1. The number of hydrogen-bond acceptors (Lipinski definition) is 4. The highest BCUT2D eigenvalue weighted by Gasteiger charge is 2.08. The molecule has 2 rings (SSSR count). The summed E-state index contributed by atoms with van der Waals surface area (Å²) in [4.78, 5) is 7.82. The third-order valence-corrected chi connectivity index (χ3v) is 2.30. The van der Waals surface area contributed by atoms with E-state index in [4.69, 9.17) is 27.9 Å². The van der Waals surface area contributed by atoms with Gasteiger partial charge in [-0.3, -0.25) is 4.68 Å². The average molecular weight is 247 g/mol. The average Bonchev–Trinajstić information content (AvgIpc) is 2.57. The highest BCUT2D eigenvalue weighted by molar-refractivity contribution is 6.35. The van der Waals surface area contributed by atoms with Crippen molar-refractivity contribution in [3.05, 3.63) is 16.6 Å². The third-order valence-electron chi connectivity index (χ3n) is 1.87. The minimum Gasteiger partial charge on any atom is -0.383 e. The quantitative estimate of drug-likeness (QED) is 0.612. The molecule has 2 heterocycles. The molecule has 15 heavy (non-hydrogen) atoms. The van der Waals surface area contributed by atoms with Gasteiger partial charge in [0.05, 0.1) is 19.3 Å². The van der Waals surface area contributed by atoms with Crippen molar-refractivity contribution in [3.8, 4) is 0 Å². The number of ether oxygens (including phenoxy) is 1. The third kappa shape index (κ3) is 2.19. The van der Waals surface area contributed by atoms with Crippen molar-refractivity contribution in [3.63, 3.8) is 0 Å². The molecule has 80 valence electrons. The van der Waals surface area contributed by atoms with Gasteiger partial charge < -0.3 is 4.74 Å². The fraction of sp³-hybridized carbons (Fsp3) is 0.375. The van der Waals surface area contributed by atoms with Crippen LogP contribution in [0.15, 0.2) is 6.20 Å². The van der Waals surface area contributed by atoms with Crippen molar-refractivity contribution >= 4 is 34.2 Å². The van der Waals surface area contributed by atoms with Gasteiger partial charge >= 0.3 is 0 Å². The number of rotatable bonds is 3. The minimum absolute atomic E-state index is 0.124. The van der Waals surface area contributed by atoms with Crippen molar-refractivity contribution in [2.45, 2.75) is 6.54 Å². The Morgan fingerprint density at radius 1 is 1.40 bits per heavy atom. The first kappa shape index (κ1) is 10.6. The molecule has 0 N–H and O–H groups in total. The van der Waals surface area contributed by atoms with Crippen molar-refractivity contribution in [1.29, 1.82) is 0 Å².